The largest absolute Gasteiger partial charge is 0.480 e. The first kappa shape index (κ1) is 23.6. The molecule has 0 saturated carbocycles. The number of rotatable bonds is 8. The summed E-state index contributed by atoms with van der Waals surface area (Å²) in [4.78, 5) is 51.4. The molecule has 2 unspecified atom stereocenters. The second kappa shape index (κ2) is 8.60. The van der Waals surface area contributed by atoms with E-state index in [2.05, 4.69) is 13.8 Å². The molecule has 0 amide bonds. The molecule has 1 aromatic rings. The molecule has 1 saturated heterocycles. The Balaban J connectivity index is 1.95. The van der Waals surface area contributed by atoms with Gasteiger partial charge in [-0.15, -0.1) is 16.6 Å². The molecule has 0 spiro atoms. The Labute approximate surface area is 159 Å². The van der Waals surface area contributed by atoms with Gasteiger partial charge in [0, 0.05) is 5.75 Å². The number of halogens is 1. The predicted molar refractivity (Wildman–Crippen MR) is 91.1 cm³/mol. The summed E-state index contributed by atoms with van der Waals surface area (Å²) in [6, 6.07) is 0. The lowest BCUT2D eigenvalue weighted by Crippen LogP contribution is -2.30. The number of hydrogen-bond donors (Lipinski definition) is 6. The van der Waals surface area contributed by atoms with Crippen LogP contribution in [0.15, 0.2) is 11.0 Å². The first-order valence-electron chi connectivity index (χ1n) is 6.85. The summed E-state index contributed by atoms with van der Waals surface area (Å²) in [6.45, 7) is -0.690. The van der Waals surface area contributed by atoms with E-state index in [0.29, 0.717) is 0 Å². The van der Waals surface area contributed by atoms with Crippen LogP contribution in [-0.2, 0) is 27.3 Å². The van der Waals surface area contributed by atoms with Crippen LogP contribution in [0, 0.1) is 5.82 Å². The normalized spacial score (nSPS) is 24.6. The molecular weight excluding hydrogens is 472 g/mol. The van der Waals surface area contributed by atoms with E-state index in [4.69, 9.17) is 25.2 Å². The van der Waals surface area contributed by atoms with E-state index in [1.165, 1.54) is 0 Å². The quantitative estimate of drug-likeness (QED) is 0.253. The van der Waals surface area contributed by atoms with Gasteiger partial charge in [-0.05, 0) is 0 Å². The van der Waals surface area contributed by atoms with Crippen LogP contribution in [0.2, 0.25) is 0 Å². The lowest BCUT2D eigenvalue weighted by molar-refractivity contribution is -0.00666. The molecule has 1 aromatic heterocycles. The van der Waals surface area contributed by atoms with E-state index in [-0.39, 0.29) is 5.75 Å². The molecule has 0 bridgehead atoms. The fraction of sp³-hybridized carbons (Fsp3) is 0.500. The predicted octanol–water partition coefficient (Wildman–Crippen LogP) is -0.531. The zero-order valence-electron chi connectivity index (χ0n) is 13.4. The fourth-order valence-electron chi connectivity index (χ4n) is 1.84. The van der Waals surface area contributed by atoms with Gasteiger partial charge in [0.05, 0.1) is 12.8 Å². The van der Waals surface area contributed by atoms with Crippen LogP contribution < -0.4 is 16.3 Å². The lowest BCUT2D eigenvalue weighted by atomic mass is 10.5. The third kappa shape index (κ3) is 6.99. The van der Waals surface area contributed by atoms with Crippen molar-refractivity contribution < 1.29 is 51.2 Å². The Bertz CT molecular complexity index is 939. The zero-order chi connectivity index (χ0) is 21.3. The maximum atomic E-state index is 13.5. The molecule has 1 fully saturated rings. The van der Waals surface area contributed by atoms with E-state index in [1.807, 2.05) is 0 Å². The van der Waals surface area contributed by atoms with Crippen LogP contribution in [0.25, 0.3) is 0 Å². The van der Waals surface area contributed by atoms with Crippen LogP contribution in [-0.4, -0.2) is 46.9 Å². The van der Waals surface area contributed by atoms with E-state index in [9.17, 15) is 27.8 Å². The summed E-state index contributed by atoms with van der Waals surface area (Å²) in [6.07, 6.45) is -0.234. The Hall–Kier alpha value is -0.670. The van der Waals surface area contributed by atoms with Gasteiger partial charge in [0.2, 0.25) is 0 Å². The summed E-state index contributed by atoms with van der Waals surface area (Å²) in [5, 5.41) is 0. The molecule has 15 nitrogen and oxygen atoms in total. The van der Waals surface area contributed by atoms with Crippen molar-refractivity contribution in [1.82, 2.24) is 14.4 Å². The van der Waals surface area contributed by atoms with E-state index in [0.717, 1.165) is 27.4 Å². The van der Waals surface area contributed by atoms with E-state index in [1.54, 1.807) is 0 Å². The Morgan fingerprint density at radius 1 is 1.39 bits per heavy atom. The number of nitrogens with two attached hydrogens (primary N) is 1. The number of ether oxygens (including phenoxy) is 1. The Morgan fingerprint density at radius 2 is 2.04 bits per heavy atom. The summed E-state index contributed by atoms with van der Waals surface area (Å²) in [7, 11) is -15.9. The lowest BCUT2D eigenvalue weighted by Gasteiger charge is -2.19. The third-order valence-electron chi connectivity index (χ3n) is 2.82. The number of thioether (sulfide) groups is 1. The third-order valence-corrected chi connectivity index (χ3v) is 8.16. The minimum absolute atomic E-state index is 0.0911. The Morgan fingerprint density at radius 3 is 2.64 bits per heavy atom. The van der Waals surface area contributed by atoms with Crippen molar-refractivity contribution in [1.29, 1.82) is 0 Å². The molecule has 7 N–H and O–H groups in total. The van der Waals surface area contributed by atoms with Crippen molar-refractivity contribution in [2.75, 3.05) is 18.1 Å². The SMILES string of the molecule is Nc1nc(=O)n([C@@H]2CS[C@H](COP(=O)(O)OP(=O)(O)NP(=O)(O)O)O2)cc1F. The monoisotopic (exact) mass is 486 g/mol. The van der Waals surface area contributed by atoms with Crippen molar-refractivity contribution >= 4 is 40.9 Å². The van der Waals surface area contributed by atoms with Gasteiger partial charge in [0.15, 0.2) is 11.6 Å². The van der Waals surface area contributed by atoms with Crippen LogP contribution in [0.4, 0.5) is 10.2 Å². The first-order chi connectivity index (χ1) is 12.7. The highest BCUT2D eigenvalue weighted by molar-refractivity contribution is 8.00. The van der Waals surface area contributed by atoms with Crippen molar-refractivity contribution in [3.8, 4) is 0 Å². The van der Waals surface area contributed by atoms with Gasteiger partial charge in [-0.3, -0.25) is 9.09 Å². The number of anilines is 1. The average molecular weight is 486 g/mol. The minimum atomic E-state index is -5.38. The van der Waals surface area contributed by atoms with E-state index >= 15 is 0 Å². The summed E-state index contributed by atoms with van der Waals surface area (Å²) in [5.41, 5.74) is 3.29. The summed E-state index contributed by atoms with van der Waals surface area (Å²) < 4.78 is 61.5. The maximum absolute atomic E-state index is 13.5. The number of phosphoric ester groups is 1. The number of phosphoric acid groups is 1. The van der Waals surface area contributed by atoms with Crippen molar-refractivity contribution in [3.05, 3.63) is 22.5 Å². The van der Waals surface area contributed by atoms with Gasteiger partial charge >= 0.3 is 29.0 Å². The minimum Gasteiger partial charge on any atom is -0.381 e. The topological polar surface area (TPSA) is 233 Å². The molecular formula is C8H14FN4O11P3S. The highest BCUT2D eigenvalue weighted by atomic mass is 32.2. The highest BCUT2D eigenvalue weighted by Crippen LogP contribution is 2.61. The summed E-state index contributed by atoms with van der Waals surface area (Å²) in [5.74, 6) is -1.46. The number of aromatic nitrogens is 2. The van der Waals surface area contributed by atoms with Crippen molar-refractivity contribution in [2.45, 2.75) is 11.7 Å². The fourth-order valence-corrected chi connectivity index (χ4v) is 6.36. The zero-order valence-corrected chi connectivity index (χ0v) is 16.9. The standard InChI is InChI=1S/C8H14FN4O11P3S/c9-4-1-13(8(14)11-7(4)10)5-3-28-6(23-5)2-22-27(20,21)24-26(18,19)12-25(15,16)17/h1,5-6H,2-3H2,(H,20,21)(H2,10,11,14)(H4,12,15,16,17,18,19)/t5-,6+/m0/s1. The van der Waals surface area contributed by atoms with Gasteiger partial charge in [0.1, 0.15) is 11.7 Å². The molecule has 160 valence electrons. The van der Waals surface area contributed by atoms with Crippen LogP contribution in [0.5, 0.6) is 0 Å². The van der Waals surface area contributed by atoms with Gasteiger partial charge < -0.3 is 30.0 Å². The molecule has 20 heteroatoms. The van der Waals surface area contributed by atoms with Crippen molar-refractivity contribution in [3.63, 3.8) is 0 Å². The number of nitrogen functional groups attached to an aromatic ring is 1. The molecule has 0 radical (unpaired) electrons. The average Bonchev–Trinajstić information content (AvgIpc) is 2.94. The van der Waals surface area contributed by atoms with Crippen LogP contribution in [0.1, 0.15) is 6.23 Å². The number of nitrogens with one attached hydrogen (secondary N) is 1. The molecule has 4 atom stereocenters. The van der Waals surface area contributed by atoms with E-state index < -0.39 is 58.9 Å². The van der Waals surface area contributed by atoms with Gasteiger partial charge in [-0.25, -0.2) is 22.9 Å². The highest BCUT2D eigenvalue weighted by Gasteiger charge is 2.39. The Kier molecular flexibility index (Phi) is 7.25. The molecule has 1 aliphatic rings. The number of nitrogens with zero attached hydrogens (tertiary/aromatic N) is 2. The van der Waals surface area contributed by atoms with Crippen LogP contribution >= 0.6 is 35.1 Å². The molecule has 0 aliphatic carbocycles. The maximum Gasteiger partial charge on any atom is 0.480 e. The first-order valence-corrected chi connectivity index (χ1v) is 12.6. The molecule has 0 aromatic carbocycles. The molecule has 28 heavy (non-hydrogen) atoms. The second-order valence-corrected chi connectivity index (χ2v) is 11.0. The van der Waals surface area contributed by atoms with Crippen LogP contribution in [0.3, 0.4) is 0 Å². The van der Waals surface area contributed by atoms with Gasteiger partial charge in [-0.1, -0.05) is 0 Å². The molecule has 1 aliphatic heterocycles. The molecule has 2 rings (SSSR count). The molecule has 2 heterocycles. The van der Waals surface area contributed by atoms with Gasteiger partial charge in [-0.2, -0.15) is 9.29 Å². The van der Waals surface area contributed by atoms with Crippen molar-refractivity contribution in [2.24, 2.45) is 0 Å². The summed E-state index contributed by atoms with van der Waals surface area (Å²) >= 11 is 0.985. The second-order valence-electron chi connectivity index (χ2n) is 5.03. The number of hydrogen-bond acceptors (Lipinski definition) is 10. The smallest absolute Gasteiger partial charge is 0.381 e. The van der Waals surface area contributed by atoms with Gasteiger partial charge in [0.25, 0.3) is 0 Å².